The summed E-state index contributed by atoms with van der Waals surface area (Å²) in [6.45, 7) is 7.21. The molecule has 0 bridgehead atoms. The van der Waals surface area contributed by atoms with Crippen LogP contribution in [0.25, 0.3) is 0 Å². The average Bonchev–Trinajstić information content (AvgIpc) is 2.48. The Kier molecular flexibility index (Phi) is 5.76. The van der Waals surface area contributed by atoms with Gasteiger partial charge in [0.1, 0.15) is 5.75 Å². The smallest absolute Gasteiger partial charge is 0.159 e. The number of hydrogen-bond donors (Lipinski definition) is 0. The van der Waals surface area contributed by atoms with Crippen LogP contribution in [0.4, 0.5) is 0 Å². The highest BCUT2D eigenvalue weighted by Gasteiger charge is 2.21. The Hall–Kier alpha value is -1.39. The van der Waals surface area contributed by atoms with Gasteiger partial charge in [-0.1, -0.05) is 0 Å². The van der Waals surface area contributed by atoms with E-state index >= 15 is 0 Å². The van der Waals surface area contributed by atoms with Crippen LogP contribution in [0.5, 0.6) is 5.75 Å². The lowest BCUT2D eigenvalue weighted by molar-refractivity contribution is 0.00345. The predicted molar refractivity (Wildman–Crippen MR) is 82.9 cm³/mol. The van der Waals surface area contributed by atoms with E-state index in [1.165, 1.54) is 0 Å². The van der Waals surface area contributed by atoms with Crippen LogP contribution >= 0.6 is 0 Å². The van der Waals surface area contributed by atoms with Gasteiger partial charge in [-0.3, -0.25) is 9.69 Å². The highest BCUT2D eigenvalue weighted by atomic mass is 16.5. The number of nitrogens with zero attached hydrogens (tertiary/aromatic N) is 1. The number of piperidine rings is 1. The minimum atomic E-state index is 0.0877. The number of likely N-dealkylation sites (tertiary alicyclic amines) is 1. The van der Waals surface area contributed by atoms with Crippen LogP contribution in [0.2, 0.25) is 0 Å². The number of Topliss-reactive ketones (excluding diaryl/α,β-unsaturated/α-hetero) is 1. The number of benzene rings is 1. The lowest BCUT2D eigenvalue weighted by Crippen LogP contribution is -2.39. The number of carbonyl (C=O) groups excluding carboxylic acids is 1. The highest BCUT2D eigenvalue weighted by Crippen LogP contribution is 2.24. The quantitative estimate of drug-likeness (QED) is 0.755. The van der Waals surface area contributed by atoms with Crippen LogP contribution in [0.1, 0.15) is 42.6 Å². The van der Waals surface area contributed by atoms with Gasteiger partial charge in [0.25, 0.3) is 0 Å². The lowest BCUT2D eigenvalue weighted by atomic mass is 10.0. The number of methoxy groups -OCH3 is 1. The summed E-state index contributed by atoms with van der Waals surface area (Å²) < 4.78 is 11.2. The molecule has 1 atom stereocenters. The Morgan fingerprint density at radius 3 is 2.90 bits per heavy atom. The molecule has 0 N–H and O–H groups in total. The summed E-state index contributed by atoms with van der Waals surface area (Å²) in [6, 6.07) is 5.66. The van der Waals surface area contributed by atoms with Crippen LogP contribution < -0.4 is 4.74 Å². The van der Waals surface area contributed by atoms with Gasteiger partial charge in [0.05, 0.1) is 13.2 Å². The van der Waals surface area contributed by atoms with Crippen molar-refractivity contribution in [3.05, 3.63) is 29.3 Å². The zero-order chi connectivity index (χ0) is 15.2. The van der Waals surface area contributed by atoms with Crippen molar-refractivity contribution in [2.45, 2.75) is 39.3 Å². The fourth-order valence-corrected chi connectivity index (χ4v) is 2.89. The van der Waals surface area contributed by atoms with Gasteiger partial charge in [0.15, 0.2) is 5.78 Å². The summed E-state index contributed by atoms with van der Waals surface area (Å²) in [5.41, 5.74) is 1.81. The molecule has 1 aliphatic heterocycles. The Morgan fingerprint density at radius 2 is 2.24 bits per heavy atom. The molecule has 1 fully saturated rings. The molecule has 0 aliphatic carbocycles. The first-order valence-electron chi connectivity index (χ1n) is 7.65. The molecule has 1 aromatic carbocycles. The minimum absolute atomic E-state index is 0.0877. The molecule has 4 nitrogen and oxygen atoms in total. The van der Waals surface area contributed by atoms with Gasteiger partial charge in [-0.15, -0.1) is 0 Å². The van der Waals surface area contributed by atoms with Crippen molar-refractivity contribution in [3.8, 4) is 5.75 Å². The van der Waals surface area contributed by atoms with Crippen LogP contribution in [-0.2, 0) is 11.3 Å². The van der Waals surface area contributed by atoms with Crippen LogP contribution in [0.3, 0.4) is 0 Å². The fraction of sp³-hybridized carbons (Fsp3) is 0.588. The summed E-state index contributed by atoms with van der Waals surface area (Å²) in [4.78, 5) is 13.9. The molecule has 1 unspecified atom stereocenters. The Bertz CT molecular complexity index is 485. The third-order valence-corrected chi connectivity index (χ3v) is 3.95. The monoisotopic (exact) mass is 291 g/mol. The molecular formula is C17H25NO3. The number of ketones is 1. The van der Waals surface area contributed by atoms with E-state index < -0.39 is 0 Å². The van der Waals surface area contributed by atoms with Crippen molar-refractivity contribution in [1.82, 2.24) is 4.90 Å². The molecule has 4 heteroatoms. The first-order chi connectivity index (χ1) is 10.1. The van der Waals surface area contributed by atoms with Crippen molar-refractivity contribution in [3.63, 3.8) is 0 Å². The van der Waals surface area contributed by atoms with E-state index in [1.807, 2.05) is 25.1 Å². The van der Waals surface area contributed by atoms with Gasteiger partial charge in [-0.2, -0.15) is 0 Å². The van der Waals surface area contributed by atoms with Gasteiger partial charge in [-0.05, 0) is 51.4 Å². The second-order valence-corrected chi connectivity index (χ2v) is 5.54. The molecule has 1 heterocycles. The average molecular weight is 291 g/mol. The largest absolute Gasteiger partial charge is 0.496 e. The molecular weight excluding hydrogens is 266 g/mol. The fourth-order valence-electron chi connectivity index (χ4n) is 2.89. The summed E-state index contributed by atoms with van der Waals surface area (Å²) in [5, 5.41) is 0. The zero-order valence-corrected chi connectivity index (χ0v) is 13.2. The predicted octanol–water partition coefficient (Wildman–Crippen LogP) is 2.90. The van der Waals surface area contributed by atoms with E-state index in [0.717, 1.165) is 56.0 Å². The van der Waals surface area contributed by atoms with Crippen LogP contribution in [0, 0.1) is 0 Å². The molecule has 1 aliphatic rings. The SMILES string of the molecule is CCOC1CCCN(Cc2cc(C(C)=O)ccc2OC)C1. The van der Waals surface area contributed by atoms with E-state index in [2.05, 4.69) is 4.90 Å². The van der Waals surface area contributed by atoms with E-state index in [4.69, 9.17) is 9.47 Å². The van der Waals surface area contributed by atoms with Gasteiger partial charge < -0.3 is 9.47 Å². The van der Waals surface area contributed by atoms with Crippen LogP contribution in [-0.4, -0.2) is 43.6 Å². The number of hydrogen-bond acceptors (Lipinski definition) is 4. The standard InChI is InChI=1S/C17H25NO3/c1-4-21-16-6-5-9-18(12-16)11-15-10-14(13(2)19)7-8-17(15)20-3/h7-8,10,16H,4-6,9,11-12H2,1-3H3. The zero-order valence-electron chi connectivity index (χ0n) is 13.2. The molecule has 0 aromatic heterocycles. The maximum Gasteiger partial charge on any atom is 0.159 e. The van der Waals surface area contributed by atoms with Crippen LogP contribution in [0.15, 0.2) is 18.2 Å². The maximum atomic E-state index is 11.6. The Morgan fingerprint density at radius 1 is 1.43 bits per heavy atom. The van der Waals surface area contributed by atoms with Gasteiger partial charge in [-0.25, -0.2) is 0 Å². The van der Waals surface area contributed by atoms with E-state index in [1.54, 1.807) is 14.0 Å². The second-order valence-electron chi connectivity index (χ2n) is 5.54. The number of carbonyl (C=O) groups is 1. The first-order valence-corrected chi connectivity index (χ1v) is 7.65. The lowest BCUT2D eigenvalue weighted by Gasteiger charge is -2.32. The maximum absolute atomic E-state index is 11.6. The molecule has 21 heavy (non-hydrogen) atoms. The van der Waals surface area contributed by atoms with E-state index in [9.17, 15) is 4.79 Å². The molecule has 1 aromatic rings. The summed E-state index contributed by atoms with van der Waals surface area (Å²) >= 11 is 0. The van der Waals surface area contributed by atoms with Crippen molar-refractivity contribution < 1.29 is 14.3 Å². The molecule has 116 valence electrons. The molecule has 0 spiro atoms. The first kappa shape index (κ1) is 16.0. The summed E-state index contributed by atoms with van der Waals surface area (Å²) in [6.07, 6.45) is 2.61. The van der Waals surface area contributed by atoms with Crippen molar-refractivity contribution in [1.29, 1.82) is 0 Å². The summed E-state index contributed by atoms with van der Waals surface area (Å²) in [5.74, 6) is 0.934. The molecule has 1 saturated heterocycles. The number of rotatable bonds is 6. The Balaban J connectivity index is 2.10. The van der Waals surface area contributed by atoms with E-state index in [-0.39, 0.29) is 5.78 Å². The number of ether oxygens (including phenoxy) is 2. The minimum Gasteiger partial charge on any atom is -0.496 e. The molecule has 0 amide bonds. The Labute approximate surface area is 127 Å². The van der Waals surface area contributed by atoms with Crippen molar-refractivity contribution >= 4 is 5.78 Å². The summed E-state index contributed by atoms with van der Waals surface area (Å²) in [7, 11) is 1.67. The molecule has 0 saturated carbocycles. The topological polar surface area (TPSA) is 38.8 Å². The normalized spacial score (nSPS) is 19.5. The third kappa shape index (κ3) is 4.29. The second kappa shape index (κ2) is 7.57. The van der Waals surface area contributed by atoms with Gasteiger partial charge >= 0.3 is 0 Å². The highest BCUT2D eigenvalue weighted by molar-refractivity contribution is 5.94. The van der Waals surface area contributed by atoms with Gasteiger partial charge in [0.2, 0.25) is 0 Å². The van der Waals surface area contributed by atoms with Gasteiger partial charge in [0, 0.05) is 30.8 Å². The molecule has 2 rings (SSSR count). The third-order valence-electron chi connectivity index (χ3n) is 3.95. The van der Waals surface area contributed by atoms with E-state index in [0.29, 0.717) is 6.10 Å². The van der Waals surface area contributed by atoms with Crippen molar-refractivity contribution in [2.24, 2.45) is 0 Å². The van der Waals surface area contributed by atoms with Crippen molar-refractivity contribution in [2.75, 3.05) is 26.8 Å². The molecule has 0 radical (unpaired) electrons.